The summed E-state index contributed by atoms with van der Waals surface area (Å²) in [5.41, 5.74) is 0.841. The van der Waals surface area contributed by atoms with Crippen LogP contribution in [-0.4, -0.2) is 35.8 Å². The van der Waals surface area contributed by atoms with Crippen LogP contribution in [0, 0.1) is 5.92 Å². The van der Waals surface area contributed by atoms with Gasteiger partial charge in [0.1, 0.15) is 11.2 Å². The molecular formula is C19H26INO3. The van der Waals surface area contributed by atoms with Crippen molar-refractivity contribution in [3.8, 4) is 0 Å². The summed E-state index contributed by atoms with van der Waals surface area (Å²) in [6, 6.07) is 8.05. The van der Waals surface area contributed by atoms with Crippen molar-refractivity contribution in [2.24, 2.45) is 5.92 Å². The van der Waals surface area contributed by atoms with Crippen LogP contribution in [0.25, 0.3) is 11.0 Å². The van der Waals surface area contributed by atoms with Gasteiger partial charge in [-0.2, -0.15) is 0 Å². The predicted molar refractivity (Wildman–Crippen MR) is 105 cm³/mol. The Hall–Kier alpha value is -0.630. The third-order valence-electron chi connectivity index (χ3n) is 5.11. The van der Waals surface area contributed by atoms with Gasteiger partial charge < -0.3 is 19.6 Å². The van der Waals surface area contributed by atoms with E-state index in [4.69, 9.17) is 9.15 Å². The van der Waals surface area contributed by atoms with E-state index in [1.165, 1.54) is 0 Å². The molecule has 0 bridgehead atoms. The molecule has 24 heavy (non-hydrogen) atoms. The number of nitrogens with one attached hydrogen (secondary N) is 1. The second kappa shape index (κ2) is 8.17. The first kappa shape index (κ1) is 18.2. The number of alkyl halides is 1. The Morgan fingerprint density at radius 3 is 3.08 bits per heavy atom. The average molecular weight is 443 g/mol. The highest BCUT2D eigenvalue weighted by atomic mass is 127. The molecule has 0 amide bonds. The second-order valence-corrected chi connectivity index (χ2v) is 8.12. The molecule has 1 aromatic heterocycles. The normalized spacial score (nSPS) is 22.4. The number of aliphatic hydroxyl groups is 1. The Kier molecular flexibility index (Phi) is 6.18. The highest BCUT2D eigenvalue weighted by Crippen LogP contribution is 2.44. The minimum atomic E-state index is -0.904. The summed E-state index contributed by atoms with van der Waals surface area (Å²) in [6.45, 7) is 2.61. The van der Waals surface area contributed by atoms with E-state index in [-0.39, 0.29) is 9.84 Å². The number of rotatable bonds is 7. The largest absolute Gasteiger partial charge is 0.464 e. The van der Waals surface area contributed by atoms with Crippen molar-refractivity contribution >= 4 is 33.6 Å². The van der Waals surface area contributed by atoms with Crippen LogP contribution in [0.3, 0.4) is 0 Å². The van der Waals surface area contributed by atoms with Gasteiger partial charge in [0.15, 0.2) is 0 Å². The third kappa shape index (κ3) is 3.49. The van der Waals surface area contributed by atoms with Gasteiger partial charge in [-0.1, -0.05) is 40.8 Å². The van der Waals surface area contributed by atoms with E-state index < -0.39 is 5.60 Å². The van der Waals surface area contributed by atoms with Crippen LogP contribution < -0.4 is 5.32 Å². The molecule has 132 valence electrons. The number of fused-ring (bicyclic) bond motifs is 1. The van der Waals surface area contributed by atoms with Crippen LogP contribution >= 0.6 is 22.6 Å². The number of furan rings is 1. The number of hydrogen-bond acceptors (Lipinski definition) is 4. The number of para-hydroxylation sites is 1. The number of piperidine rings is 1. The van der Waals surface area contributed by atoms with E-state index in [0.29, 0.717) is 0 Å². The Labute approximate surface area is 157 Å². The lowest BCUT2D eigenvalue weighted by atomic mass is 9.74. The van der Waals surface area contributed by atoms with Gasteiger partial charge in [0.05, 0.1) is 6.26 Å². The molecule has 0 radical (unpaired) electrons. The molecule has 2 heterocycles. The molecule has 1 aliphatic heterocycles. The Balaban J connectivity index is 1.99. The van der Waals surface area contributed by atoms with Crippen LogP contribution in [0.15, 0.2) is 34.9 Å². The van der Waals surface area contributed by atoms with E-state index in [9.17, 15) is 5.11 Å². The zero-order valence-electron chi connectivity index (χ0n) is 14.1. The zero-order valence-corrected chi connectivity index (χ0v) is 16.3. The molecule has 2 unspecified atom stereocenters. The summed E-state index contributed by atoms with van der Waals surface area (Å²) in [6.07, 6.45) is 5.70. The molecule has 3 atom stereocenters. The summed E-state index contributed by atoms with van der Waals surface area (Å²) in [5.74, 6) is 0.186. The monoisotopic (exact) mass is 443 g/mol. The van der Waals surface area contributed by atoms with Crippen molar-refractivity contribution in [3.05, 3.63) is 36.1 Å². The maximum absolute atomic E-state index is 11.9. The fourth-order valence-corrected chi connectivity index (χ4v) is 5.09. The fraction of sp³-hybridized carbons (Fsp3) is 0.579. The quantitative estimate of drug-likeness (QED) is 0.388. The molecule has 2 N–H and O–H groups in total. The fourth-order valence-electron chi connectivity index (χ4n) is 3.81. The summed E-state index contributed by atoms with van der Waals surface area (Å²) >= 11 is 2.42. The zero-order chi connectivity index (χ0) is 17.0. The predicted octanol–water partition coefficient (Wildman–Crippen LogP) is 3.85. The van der Waals surface area contributed by atoms with E-state index in [2.05, 4.69) is 27.9 Å². The van der Waals surface area contributed by atoms with E-state index in [0.717, 1.165) is 61.9 Å². The Bertz CT molecular complexity index is 653. The van der Waals surface area contributed by atoms with Crippen molar-refractivity contribution in [2.75, 3.05) is 26.8 Å². The van der Waals surface area contributed by atoms with Gasteiger partial charge in [-0.15, -0.1) is 0 Å². The van der Waals surface area contributed by atoms with Gasteiger partial charge in [-0.05, 0) is 38.3 Å². The molecule has 0 aliphatic carbocycles. The molecule has 1 aliphatic rings. The molecule has 4 nitrogen and oxygen atoms in total. The molecule has 2 aromatic rings. The highest BCUT2D eigenvalue weighted by Gasteiger charge is 2.45. The van der Waals surface area contributed by atoms with Crippen molar-refractivity contribution in [1.82, 2.24) is 5.32 Å². The van der Waals surface area contributed by atoms with Gasteiger partial charge >= 0.3 is 0 Å². The topological polar surface area (TPSA) is 54.6 Å². The third-order valence-corrected chi connectivity index (χ3v) is 6.69. The van der Waals surface area contributed by atoms with Crippen molar-refractivity contribution < 1.29 is 14.3 Å². The molecule has 1 fully saturated rings. The molecule has 5 heteroatoms. The maximum Gasteiger partial charge on any atom is 0.139 e. The van der Waals surface area contributed by atoms with Gasteiger partial charge in [0.2, 0.25) is 0 Å². The number of halogens is 1. The first-order chi connectivity index (χ1) is 11.7. The van der Waals surface area contributed by atoms with Crippen molar-refractivity contribution in [1.29, 1.82) is 0 Å². The van der Waals surface area contributed by atoms with Crippen LogP contribution in [0.5, 0.6) is 0 Å². The van der Waals surface area contributed by atoms with Crippen LogP contribution in [0.2, 0.25) is 0 Å². The van der Waals surface area contributed by atoms with Crippen LogP contribution in [0.4, 0.5) is 0 Å². The number of methoxy groups -OCH3 is 1. The van der Waals surface area contributed by atoms with Gasteiger partial charge in [-0.25, -0.2) is 0 Å². The maximum atomic E-state index is 11.9. The Morgan fingerprint density at radius 1 is 1.46 bits per heavy atom. The minimum absolute atomic E-state index is 0.103. The van der Waals surface area contributed by atoms with Gasteiger partial charge in [0, 0.05) is 41.1 Å². The number of hydrogen-bond donors (Lipinski definition) is 2. The number of ether oxygens (including phenoxy) is 1. The molecule has 0 saturated carbocycles. The Morgan fingerprint density at radius 2 is 2.33 bits per heavy atom. The summed E-state index contributed by atoms with van der Waals surface area (Å²) in [4.78, 5) is 0. The lowest BCUT2D eigenvalue weighted by Crippen LogP contribution is -2.49. The standard InChI is InChI=1S/C19H26INO3/c1-23-11-4-8-17(20)19(22,15-6-3-10-21-13-15)16-7-2-5-14-9-12-24-18(14)16/h2,5,7,9,12,15,17,21-22H,3-4,6,8,10-11,13H2,1H3/t15?,17?,19-/m0/s1. The summed E-state index contributed by atoms with van der Waals surface area (Å²) < 4.78 is 11.1. The lowest BCUT2D eigenvalue weighted by molar-refractivity contribution is -0.0329. The minimum Gasteiger partial charge on any atom is -0.464 e. The van der Waals surface area contributed by atoms with E-state index in [1.54, 1.807) is 13.4 Å². The lowest BCUT2D eigenvalue weighted by Gasteiger charge is -2.42. The van der Waals surface area contributed by atoms with E-state index >= 15 is 0 Å². The van der Waals surface area contributed by atoms with Crippen LogP contribution in [-0.2, 0) is 10.3 Å². The SMILES string of the molecule is COCCCC(I)[C@@](O)(c1cccc2ccoc12)C1CCCNC1. The van der Waals surface area contributed by atoms with E-state index in [1.807, 2.05) is 24.3 Å². The number of benzene rings is 1. The van der Waals surface area contributed by atoms with Gasteiger partial charge in [0.25, 0.3) is 0 Å². The molecule has 0 spiro atoms. The van der Waals surface area contributed by atoms with Crippen molar-refractivity contribution in [2.45, 2.75) is 35.2 Å². The first-order valence-corrected chi connectivity index (χ1v) is 9.95. The average Bonchev–Trinajstić information content (AvgIpc) is 3.10. The first-order valence-electron chi connectivity index (χ1n) is 8.70. The molecule has 3 rings (SSSR count). The summed E-state index contributed by atoms with van der Waals surface area (Å²) in [7, 11) is 1.73. The van der Waals surface area contributed by atoms with Crippen LogP contribution in [0.1, 0.15) is 31.2 Å². The molecule has 1 saturated heterocycles. The molecule has 1 aromatic carbocycles. The second-order valence-electron chi connectivity index (χ2n) is 6.62. The smallest absolute Gasteiger partial charge is 0.139 e. The molecular weight excluding hydrogens is 417 g/mol. The highest BCUT2D eigenvalue weighted by molar-refractivity contribution is 14.1. The van der Waals surface area contributed by atoms with Crippen molar-refractivity contribution in [3.63, 3.8) is 0 Å². The summed E-state index contributed by atoms with van der Waals surface area (Å²) in [5, 5.41) is 16.5. The van der Waals surface area contributed by atoms with Gasteiger partial charge in [-0.3, -0.25) is 0 Å².